The van der Waals surface area contributed by atoms with Crippen molar-refractivity contribution in [3.63, 3.8) is 0 Å². The van der Waals surface area contributed by atoms with Gasteiger partial charge >= 0.3 is 11.9 Å². The summed E-state index contributed by atoms with van der Waals surface area (Å²) in [7, 11) is 0. The SMILES string of the molecule is CCc1ccc(Oc2ccc(-c3sc4c(c3C)c(=O)[nH]c(=O)n4CCC(F)(F)F)cn2)cc1. The molecule has 0 unspecified atom stereocenters. The molecule has 10 heteroatoms. The molecule has 6 nitrogen and oxygen atoms in total. The maximum atomic E-state index is 12.7. The van der Waals surface area contributed by atoms with Crippen LogP contribution in [0.3, 0.4) is 0 Å². The van der Waals surface area contributed by atoms with Gasteiger partial charge in [-0.3, -0.25) is 14.3 Å². The number of alkyl halides is 3. The molecule has 172 valence electrons. The van der Waals surface area contributed by atoms with Crippen molar-refractivity contribution in [2.45, 2.75) is 39.4 Å². The van der Waals surface area contributed by atoms with Crippen LogP contribution >= 0.6 is 11.3 Å². The van der Waals surface area contributed by atoms with Crippen molar-refractivity contribution in [3.8, 4) is 22.1 Å². The number of rotatable bonds is 6. The van der Waals surface area contributed by atoms with E-state index in [1.54, 1.807) is 25.3 Å². The summed E-state index contributed by atoms with van der Waals surface area (Å²) in [4.78, 5) is 31.9. The molecule has 0 aliphatic rings. The standard InChI is InChI=1S/C23H20F3N3O3S/c1-3-14-4-7-16(8-5-14)32-17-9-6-15(12-27-17)19-13(2)18-20(30)28-22(31)29(21(18)33-19)11-10-23(24,25)26/h4-9,12H,3,10-11H2,1-2H3,(H,28,30,31). The van der Waals surface area contributed by atoms with Crippen LogP contribution in [0.25, 0.3) is 20.7 Å². The smallest absolute Gasteiger partial charge is 0.390 e. The van der Waals surface area contributed by atoms with Crippen LogP contribution in [-0.2, 0) is 13.0 Å². The van der Waals surface area contributed by atoms with Gasteiger partial charge in [0.1, 0.15) is 10.6 Å². The number of pyridine rings is 1. The van der Waals surface area contributed by atoms with Gasteiger partial charge in [-0.25, -0.2) is 9.78 Å². The number of H-pyrrole nitrogens is 1. The third-order valence-corrected chi connectivity index (χ3v) is 6.60. The molecule has 0 saturated carbocycles. The first-order valence-corrected chi connectivity index (χ1v) is 11.0. The normalized spacial score (nSPS) is 11.8. The minimum absolute atomic E-state index is 0.202. The van der Waals surface area contributed by atoms with Crippen molar-refractivity contribution in [3.05, 3.63) is 74.6 Å². The highest BCUT2D eigenvalue weighted by molar-refractivity contribution is 7.22. The van der Waals surface area contributed by atoms with Crippen LogP contribution in [0.4, 0.5) is 13.2 Å². The number of benzene rings is 1. The van der Waals surface area contributed by atoms with Crippen LogP contribution in [0.2, 0.25) is 0 Å². The summed E-state index contributed by atoms with van der Waals surface area (Å²) in [6.07, 6.45) is -3.10. The summed E-state index contributed by atoms with van der Waals surface area (Å²) in [6, 6.07) is 11.1. The van der Waals surface area contributed by atoms with E-state index in [4.69, 9.17) is 4.74 Å². The van der Waals surface area contributed by atoms with Gasteiger partial charge in [0, 0.05) is 29.2 Å². The van der Waals surface area contributed by atoms with E-state index in [1.165, 1.54) is 5.56 Å². The van der Waals surface area contributed by atoms with Gasteiger partial charge in [0.15, 0.2) is 0 Å². The molecule has 1 aromatic carbocycles. The van der Waals surface area contributed by atoms with Crippen LogP contribution < -0.4 is 16.0 Å². The summed E-state index contributed by atoms with van der Waals surface area (Å²) >= 11 is 1.09. The van der Waals surface area contributed by atoms with Gasteiger partial charge in [0.2, 0.25) is 5.88 Å². The Balaban J connectivity index is 1.67. The highest BCUT2D eigenvalue weighted by Crippen LogP contribution is 2.36. The Labute approximate surface area is 190 Å². The number of hydrogen-bond acceptors (Lipinski definition) is 5. The highest BCUT2D eigenvalue weighted by atomic mass is 32.1. The third kappa shape index (κ3) is 4.85. The number of ether oxygens (including phenoxy) is 1. The number of nitrogens with one attached hydrogen (secondary N) is 1. The van der Waals surface area contributed by atoms with E-state index in [0.29, 0.717) is 27.6 Å². The second-order valence-electron chi connectivity index (χ2n) is 7.50. The Bertz CT molecular complexity index is 1400. The van der Waals surface area contributed by atoms with Gasteiger partial charge in [-0.15, -0.1) is 11.3 Å². The molecule has 3 aromatic heterocycles. The fourth-order valence-electron chi connectivity index (χ4n) is 3.48. The molecule has 0 atom stereocenters. The van der Waals surface area contributed by atoms with Gasteiger partial charge < -0.3 is 4.74 Å². The Morgan fingerprint density at radius 1 is 1.12 bits per heavy atom. The number of fused-ring (bicyclic) bond motifs is 1. The molecule has 4 aromatic rings. The zero-order valence-electron chi connectivity index (χ0n) is 17.8. The zero-order valence-corrected chi connectivity index (χ0v) is 18.6. The largest absolute Gasteiger partial charge is 0.439 e. The monoisotopic (exact) mass is 475 g/mol. The highest BCUT2D eigenvalue weighted by Gasteiger charge is 2.28. The lowest BCUT2D eigenvalue weighted by Gasteiger charge is -2.09. The molecule has 0 bridgehead atoms. The van der Waals surface area contributed by atoms with Gasteiger partial charge in [-0.05, 0) is 42.7 Å². The first kappa shape index (κ1) is 22.8. The molecule has 0 amide bonds. The molecule has 0 saturated heterocycles. The molecule has 0 spiro atoms. The summed E-state index contributed by atoms with van der Waals surface area (Å²) in [5.41, 5.74) is 0.941. The van der Waals surface area contributed by atoms with Crippen molar-refractivity contribution in [2.24, 2.45) is 0 Å². The minimum atomic E-state index is -4.42. The first-order chi connectivity index (χ1) is 15.7. The second kappa shape index (κ2) is 8.86. The predicted molar refractivity (Wildman–Crippen MR) is 121 cm³/mol. The molecule has 0 aliphatic heterocycles. The molecule has 0 aliphatic carbocycles. The van der Waals surface area contributed by atoms with E-state index in [0.717, 1.165) is 22.3 Å². The summed E-state index contributed by atoms with van der Waals surface area (Å²) < 4.78 is 44.9. The lowest BCUT2D eigenvalue weighted by Crippen LogP contribution is -2.31. The van der Waals surface area contributed by atoms with Gasteiger partial charge in [-0.1, -0.05) is 19.1 Å². The molecule has 0 radical (unpaired) electrons. The number of halogens is 3. The van der Waals surface area contributed by atoms with Crippen molar-refractivity contribution in [1.29, 1.82) is 0 Å². The Hall–Kier alpha value is -3.40. The predicted octanol–water partition coefficient (Wildman–Crippen LogP) is 5.43. The molecule has 0 fully saturated rings. The first-order valence-electron chi connectivity index (χ1n) is 10.2. The maximum Gasteiger partial charge on any atom is 0.390 e. The fraction of sp³-hybridized carbons (Fsp3) is 0.261. The Morgan fingerprint density at radius 2 is 1.85 bits per heavy atom. The fourth-order valence-corrected chi connectivity index (χ4v) is 4.80. The number of aromatic nitrogens is 3. The van der Waals surface area contributed by atoms with E-state index >= 15 is 0 Å². The van der Waals surface area contributed by atoms with Crippen LogP contribution in [-0.4, -0.2) is 20.7 Å². The van der Waals surface area contributed by atoms with E-state index < -0.39 is 30.4 Å². The number of aromatic amines is 1. The van der Waals surface area contributed by atoms with Crippen LogP contribution in [0.5, 0.6) is 11.6 Å². The van der Waals surface area contributed by atoms with Crippen molar-refractivity contribution >= 4 is 21.6 Å². The minimum Gasteiger partial charge on any atom is -0.439 e. The van der Waals surface area contributed by atoms with Crippen molar-refractivity contribution in [2.75, 3.05) is 0 Å². The Kier molecular flexibility index (Phi) is 6.11. The van der Waals surface area contributed by atoms with Crippen LogP contribution in [0.15, 0.2) is 52.2 Å². The van der Waals surface area contributed by atoms with Crippen LogP contribution in [0, 0.1) is 6.92 Å². The van der Waals surface area contributed by atoms with E-state index in [1.807, 2.05) is 24.3 Å². The molecular weight excluding hydrogens is 455 g/mol. The van der Waals surface area contributed by atoms with Crippen molar-refractivity contribution in [1.82, 2.24) is 14.5 Å². The van der Waals surface area contributed by atoms with Gasteiger partial charge in [0.25, 0.3) is 5.56 Å². The van der Waals surface area contributed by atoms with E-state index in [-0.39, 0.29) is 10.2 Å². The number of thiophene rings is 1. The third-order valence-electron chi connectivity index (χ3n) is 5.24. The summed E-state index contributed by atoms with van der Waals surface area (Å²) in [6.45, 7) is 3.19. The molecular formula is C23H20F3N3O3S. The number of aryl methyl sites for hydroxylation is 3. The number of nitrogens with zero attached hydrogens (tertiary/aromatic N) is 2. The Morgan fingerprint density at radius 3 is 2.45 bits per heavy atom. The summed E-state index contributed by atoms with van der Waals surface area (Å²) in [5, 5.41) is 0.202. The number of hydrogen-bond donors (Lipinski definition) is 1. The van der Waals surface area contributed by atoms with Crippen LogP contribution in [0.1, 0.15) is 24.5 Å². The van der Waals surface area contributed by atoms with E-state index in [9.17, 15) is 22.8 Å². The van der Waals surface area contributed by atoms with Gasteiger partial charge in [0.05, 0.1) is 11.8 Å². The van der Waals surface area contributed by atoms with E-state index in [2.05, 4.69) is 16.9 Å². The second-order valence-corrected chi connectivity index (χ2v) is 8.50. The lowest BCUT2D eigenvalue weighted by molar-refractivity contribution is -0.136. The van der Waals surface area contributed by atoms with Crippen molar-refractivity contribution < 1.29 is 17.9 Å². The molecule has 1 N–H and O–H groups in total. The average molecular weight is 475 g/mol. The summed E-state index contributed by atoms with van der Waals surface area (Å²) in [5.74, 6) is 1.02. The van der Waals surface area contributed by atoms with Gasteiger partial charge in [-0.2, -0.15) is 13.2 Å². The zero-order chi connectivity index (χ0) is 23.8. The topological polar surface area (TPSA) is 77.0 Å². The lowest BCUT2D eigenvalue weighted by atomic mass is 10.1. The molecule has 3 heterocycles. The molecule has 4 rings (SSSR count). The molecule has 33 heavy (non-hydrogen) atoms. The average Bonchev–Trinajstić information content (AvgIpc) is 3.11. The quantitative estimate of drug-likeness (QED) is 0.404. The maximum absolute atomic E-state index is 12.7.